The van der Waals surface area contributed by atoms with Gasteiger partial charge in [0.05, 0.1) is 17.0 Å². The minimum absolute atomic E-state index is 0.0497. The fourth-order valence-electron chi connectivity index (χ4n) is 2.69. The Kier molecular flexibility index (Phi) is 5.36. The van der Waals surface area contributed by atoms with Gasteiger partial charge in [0.25, 0.3) is 10.0 Å². The van der Waals surface area contributed by atoms with Gasteiger partial charge in [0.1, 0.15) is 0 Å². The Hall–Kier alpha value is -3.11. The van der Waals surface area contributed by atoms with Crippen molar-refractivity contribution in [2.24, 2.45) is 0 Å². The summed E-state index contributed by atoms with van der Waals surface area (Å²) in [5.41, 5.74) is 1.38. The molecule has 0 saturated heterocycles. The Balaban J connectivity index is 1.32. The molecule has 150 valence electrons. The maximum absolute atomic E-state index is 12.3. The summed E-state index contributed by atoms with van der Waals surface area (Å²) in [5.74, 6) is 1.13. The quantitative estimate of drug-likeness (QED) is 0.595. The molecule has 2 heterocycles. The van der Waals surface area contributed by atoms with Crippen LogP contribution in [0.25, 0.3) is 0 Å². The van der Waals surface area contributed by atoms with Crippen molar-refractivity contribution in [2.75, 3.05) is 11.5 Å². The Labute approximate surface area is 171 Å². The molecule has 0 aliphatic carbocycles. The second-order valence-electron chi connectivity index (χ2n) is 6.20. The number of thiazole rings is 1. The van der Waals surface area contributed by atoms with Gasteiger partial charge in [0.2, 0.25) is 12.7 Å². The Morgan fingerprint density at radius 1 is 1.10 bits per heavy atom. The predicted molar refractivity (Wildman–Crippen MR) is 107 cm³/mol. The van der Waals surface area contributed by atoms with Crippen LogP contribution in [0.2, 0.25) is 0 Å². The monoisotopic (exact) mass is 431 g/mol. The summed E-state index contributed by atoms with van der Waals surface area (Å²) < 4.78 is 37.7. The maximum Gasteiger partial charge on any atom is 0.263 e. The highest BCUT2D eigenvalue weighted by Gasteiger charge is 2.17. The largest absolute Gasteiger partial charge is 0.454 e. The number of nitrogens with one attached hydrogen (secondary N) is 2. The van der Waals surface area contributed by atoms with Crippen molar-refractivity contribution in [3.63, 3.8) is 0 Å². The third-order valence-corrected chi connectivity index (χ3v) is 6.39. The Morgan fingerprint density at radius 3 is 2.72 bits per heavy atom. The zero-order chi connectivity index (χ0) is 20.3. The first-order chi connectivity index (χ1) is 14.0. The number of hydrogen-bond donors (Lipinski definition) is 2. The van der Waals surface area contributed by atoms with Crippen LogP contribution in [-0.4, -0.2) is 26.1 Å². The van der Waals surface area contributed by atoms with Crippen LogP contribution >= 0.6 is 11.3 Å². The summed E-state index contributed by atoms with van der Waals surface area (Å²) in [6, 6.07) is 13.5. The number of benzene rings is 2. The molecule has 0 unspecified atom stereocenters. The summed E-state index contributed by atoms with van der Waals surface area (Å²) >= 11 is 1.13. The van der Waals surface area contributed by atoms with Crippen molar-refractivity contribution in [1.82, 2.24) is 10.3 Å². The number of carbonyl (C=O) groups is 1. The molecule has 0 bridgehead atoms. The lowest BCUT2D eigenvalue weighted by Crippen LogP contribution is -2.24. The van der Waals surface area contributed by atoms with E-state index in [1.165, 1.54) is 12.1 Å². The average molecular weight is 431 g/mol. The highest BCUT2D eigenvalue weighted by Crippen LogP contribution is 2.32. The molecule has 29 heavy (non-hydrogen) atoms. The molecule has 0 atom stereocenters. The first-order valence-corrected chi connectivity index (χ1v) is 11.0. The molecule has 1 aromatic heterocycles. The topological polar surface area (TPSA) is 107 Å². The Bertz CT molecular complexity index is 1130. The van der Waals surface area contributed by atoms with E-state index < -0.39 is 10.0 Å². The van der Waals surface area contributed by atoms with Crippen molar-refractivity contribution >= 4 is 32.4 Å². The summed E-state index contributed by atoms with van der Waals surface area (Å²) in [6.07, 6.45) is 0.0497. The predicted octanol–water partition coefficient (Wildman–Crippen LogP) is 2.53. The number of aromatic nitrogens is 1. The van der Waals surface area contributed by atoms with E-state index in [0.29, 0.717) is 23.7 Å². The molecule has 1 aliphatic rings. The zero-order valence-corrected chi connectivity index (χ0v) is 16.8. The molecular formula is C19H17N3O5S2. The first-order valence-electron chi connectivity index (χ1n) is 8.67. The lowest BCUT2D eigenvalue weighted by Gasteiger charge is -2.06. The van der Waals surface area contributed by atoms with Crippen LogP contribution in [0.15, 0.2) is 58.8 Å². The van der Waals surface area contributed by atoms with E-state index in [1.807, 2.05) is 12.1 Å². The van der Waals surface area contributed by atoms with Gasteiger partial charge in [-0.25, -0.2) is 13.4 Å². The fraction of sp³-hybridized carbons (Fsp3) is 0.158. The number of ether oxygens (including phenoxy) is 2. The molecular weight excluding hydrogens is 414 g/mol. The Morgan fingerprint density at radius 2 is 1.90 bits per heavy atom. The molecule has 4 rings (SSSR count). The van der Waals surface area contributed by atoms with E-state index in [0.717, 1.165) is 16.9 Å². The van der Waals surface area contributed by atoms with E-state index in [2.05, 4.69) is 15.0 Å². The normalized spacial score (nSPS) is 12.6. The van der Waals surface area contributed by atoms with E-state index in [1.54, 1.807) is 29.6 Å². The second kappa shape index (κ2) is 8.10. The van der Waals surface area contributed by atoms with E-state index in [9.17, 15) is 13.2 Å². The lowest BCUT2D eigenvalue weighted by molar-refractivity contribution is -0.120. The minimum atomic E-state index is -3.70. The zero-order valence-electron chi connectivity index (χ0n) is 15.1. The molecule has 2 N–H and O–H groups in total. The van der Waals surface area contributed by atoms with Gasteiger partial charge in [0, 0.05) is 11.9 Å². The maximum atomic E-state index is 12.3. The van der Waals surface area contributed by atoms with Gasteiger partial charge in [-0.3, -0.25) is 9.52 Å². The average Bonchev–Trinajstić information content (AvgIpc) is 3.35. The summed E-state index contributed by atoms with van der Waals surface area (Å²) in [5, 5.41) is 4.68. The van der Waals surface area contributed by atoms with Crippen molar-refractivity contribution in [3.8, 4) is 11.5 Å². The van der Waals surface area contributed by atoms with Gasteiger partial charge in [-0.05, 0) is 29.8 Å². The number of fused-ring (bicyclic) bond motifs is 1. The summed E-state index contributed by atoms with van der Waals surface area (Å²) in [4.78, 5) is 16.5. The number of anilines is 1. The molecule has 10 heteroatoms. The van der Waals surface area contributed by atoms with Crippen LogP contribution in [0, 0.1) is 0 Å². The summed E-state index contributed by atoms with van der Waals surface area (Å²) in [6.45, 7) is 0.540. The van der Waals surface area contributed by atoms with Gasteiger partial charge in [0.15, 0.2) is 16.6 Å². The van der Waals surface area contributed by atoms with Crippen molar-refractivity contribution < 1.29 is 22.7 Å². The smallest absolute Gasteiger partial charge is 0.263 e. The van der Waals surface area contributed by atoms with E-state index in [4.69, 9.17) is 9.47 Å². The van der Waals surface area contributed by atoms with Gasteiger partial charge >= 0.3 is 0 Å². The van der Waals surface area contributed by atoms with Crippen LogP contribution in [0.5, 0.6) is 11.5 Å². The standard InChI is InChI=1S/C19H17N3O5S2/c23-18(20-10-13-6-7-16-17(8-13)27-12-26-16)9-14-11-28-19(21-14)22-29(24,25)15-4-2-1-3-5-15/h1-8,11H,9-10,12H2,(H,20,23)(H,21,22). The molecule has 8 nitrogen and oxygen atoms in total. The number of sulfonamides is 1. The van der Waals surface area contributed by atoms with Crippen LogP contribution < -0.4 is 19.5 Å². The number of nitrogens with zero attached hydrogens (tertiary/aromatic N) is 1. The number of amides is 1. The van der Waals surface area contributed by atoms with Crippen molar-refractivity contribution in [2.45, 2.75) is 17.9 Å². The number of carbonyl (C=O) groups excluding carboxylic acids is 1. The van der Waals surface area contributed by atoms with E-state index >= 15 is 0 Å². The number of hydrogen-bond acceptors (Lipinski definition) is 7. The molecule has 0 spiro atoms. The lowest BCUT2D eigenvalue weighted by atomic mass is 10.2. The molecule has 0 fully saturated rings. The van der Waals surface area contributed by atoms with Gasteiger partial charge in [-0.15, -0.1) is 11.3 Å². The summed E-state index contributed by atoms with van der Waals surface area (Å²) in [7, 11) is -3.70. The van der Waals surface area contributed by atoms with Crippen LogP contribution in [0.1, 0.15) is 11.3 Å². The van der Waals surface area contributed by atoms with Crippen molar-refractivity contribution in [1.29, 1.82) is 0 Å². The molecule has 0 saturated carbocycles. The molecule has 2 aromatic carbocycles. The van der Waals surface area contributed by atoms with Crippen LogP contribution in [-0.2, 0) is 27.8 Å². The fourth-order valence-corrected chi connectivity index (χ4v) is 4.67. The highest BCUT2D eigenvalue weighted by molar-refractivity contribution is 7.93. The SMILES string of the molecule is O=C(Cc1csc(NS(=O)(=O)c2ccccc2)n1)NCc1ccc2c(c1)OCO2. The molecule has 1 aliphatic heterocycles. The van der Waals surface area contributed by atoms with Gasteiger partial charge in [-0.2, -0.15) is 0 Å². The number of rotatable bonds is 7. The molecule has 1 amide bonds. The molecule has 3 aromatic rings. The van der Waals surface area contributed by atoms with Crippen LogP contribution in [0.4, 0.5) is 5.13 Å². The minimum Gasteiger partial charge on any atom is -0.454 e. The van der Waals surface area contributed by atoms with E-state index in [-0.39, 0.29) is 29.1 Å². The van der Waals surface area contributed by atoms with Gasteiger partial charge in [-0.1, -0.05) is 24.3 Å². The first kappa shape index (κ1) is 19.2. The van der Waals surface area contributed by atoms with Gasteiger partial charge < -0.3 is 14.8 Å². The second-order valence-corrected chi connectivity index (χ2v) is 8.74. The molecule has 0 radical (unpaired) electrons. The third-order valence-electron chi connectivity index (χ3n) is 4.10. The van der Waals surface area contributed by atoms with Crippen molar-refractivity contribution in [3.05, 3.63) is 65.2 Å². The third kappa shape index (κ3) is 4.66. The van der Waals surface area contributed by atoms with Crippen LogP contribution in [0.3, 0.4) is 0 Å². The highest BCUT2D eigenvalue weighted by atomic mass is 32.2.